The van der Waals surface area contributed by atoms with Crippen molar-refractivity contribution in [1.82, 2.24) is 14.8 Å². The van der Waals surface area contributed by atoms with Crippen molar-refractivity contribution in [2.45, 2.75) is 26.2 Å². The number of benzene rings is 1. The van der Waals surface area contributed by atoms with Crippen molar-refractivity contribution in [3.63, 3.8) is 0 Å². The molecule has 0 saturated heterocycles. The summed E-state index contributed by atoms with van der Waals surface area (Å²) in [5.74, 6) is 0.428. The number of esters is 1. The molecule has 1 aliphatic rings. The van der Waals surface area contributed by atoms with E-state index in [0.29, 0.717) is 22.9 Å². The number of pyridine rings is 1. The molecule has 0 spiro atoms. The third kappa shape index (κ3) is 3.90. The molecule has 1 aromatic carbocycles. The number of nitrogens with zero attached hydrogens (tertiary/aromatic N) is 3. The van der Waals surface area contributed by atoms with E-state index in [1.807, 2.05) is 30.8 Å². The zero-order valence-corrected chi connectivity index (χ0v) is 18.0. The molecule has 1 amide bonds. The Kier molecular flexibility index (Phi) is 5.50. The number of ether oxygens (including phenoxy) is 2. The first-order valence-corrected chi connectivity index (χ1v) is 10.2. The highest BCUT2D eigenvalue weighted by molar-refractivity contribution is 6.00. The van der Waals surface area contributed by atoms with Gasteiger partial charge in [-0.15, -0.1) is 0 Å². The topological polar surface area (TPSA) is 107 Å². The molecule has 4 rings (SSSR count). The van der Waals surface area contributed by atoms with Crippen molar-refractivity contribution in [3.8, 4) is 5.75 Å². The second-order valence-corrected chi connectivity index (χ2v) is 7.46. The number of anilines is 3. The van der Waals surface area contributed by atoms with Gasteiger partial charge in [0, 0.05) is 25.2 Å². The summed E-state index contributed by atoms with van der Waals surface area (Å²) in [5, 5.41) is 11.6. The van der Waals surface area contributed by atoms with Gasteiger partial charge in [-0.05, 0) is 31.4 Å². The fraction of sp³-hybridized carbons (Fsp3) is 0.364. The van der Waals surface area contributed by atoms with Gasteiger partial charge in [0.05, 0.1) is 42.2 Å². The summed E-state index contributed by atoms with van der Waals surface area (Å²) in [6, 6.07) is 5.44. The molecule has 1 fully saturated rings. The van der Waals surface area contributed by atoms with E-state index in [4.69, 9.17) is 9.47 Å². The highest BCUT2D eigenvalue weighted by Gasteiger charge is 2.30. The van der Waals surface area contributed by atoms with Crippen LogP contribution in [0.25, 0.3) is 10.9 Å². The number of nitrogens with one attached hydrogen (secondary N) is 2. The molecule has 3 aromatic rings. The molecule has 0 aliphatic heterocycles. The molecule has 9 nitrogen and oxygen atoms in total. The minimum Gasteiger partial charge on any atom is -0.494 e. The van der Waals surface area contributed by atoms with Crippen LogP contribution in [0.3, 0.4) is 0 Å². The van der Waals surface area contributed by atoms with E-state index in [1.54, 1.807) is 13.2 Å². The number of carbonyl (C=O) groups is 2. The Balaban J connectivity index is 1.77. The molecule has 0 bridgehead atoms. The molecule has 162 valence electrons. The van der Waals surface area contributed by atoms with Crippen molar-refractivity contribution in [2.24, 2.45) is 13.0 Å². The van der Waals surface area contributed by atoms with Crippen molar-refractivity contribution in [3.05, 3.63) is 35.7 Å². The molecular weight excluding hydrogens is 398 g/mol. The Hall–Kier alpha value is -3.62. The van der Waals surface area contributed by atoms with Crippen molar-refractivity contribution in [2.75, 3.05) is 24.9 Å². The highest BCUT2D eigenvalue weighted by atomic mass is 16.5. The number of methoxy groups -OCH3 is 2. The lowest BCUT2D eigenvalue weighted by Crippen LogP contribution is -2.15. The van der Waals surface area contributed by atoms with Crippen molar-refractivity contribution in [1.29, 1.82) is 0 Å². The van der Waals surface area contributed by atoms with Crippen LogP contribution in [-0.4, -0.2) is 40.9 Å². The minimum atomic E-state index is -0.536. The number of rotatable bonds is 7. The van der Waals surface area contributed by atoms with E-state index in [9.17, 15) is 9.59 Å². The first-order chi connectivity index (χ1) is 15.0. The lowest BCUT2D eigenvalue weighted by molar-refractivity contribution is -0.117. The van der Waals surface area contributed by atoms with E-state index in [1.165, 1.54) is 13.3 Å². The fourth-order valence-corrected chi connectivity index (χ4v) is 3.58. The Labute approximate surface area is 179 Å². The molecule has 0 atom stereocenters. The predicted octanol–water partition coefficient (Wildman–Crippen LogP) is 3.42. The monoisotopic (exact) mass is 423 g/mol. The first-order valence-electron chi connectivity index (χ1n) is 10.2. The Morgan fingerprint density at radius 3 is 2.65 bits per heavy atom. The summed E-state index contributed by atoms with van der Waals surface area (Å²) in [4.78, 5) is 28.7. The zero-order chi connectivity index (χ0) is 22.1. The van der Waals surface area contributed by atoms with Crippen LogP contribution in [-0.2, 0) is 23.0 Å². The number of carbonyl (C=O) groups excluding carboxylic acids is 2. The average Bonchev–Trinajstić information content (AvgIpc) is 3.57. The lowest BCUT2D eigenvalue weighted by atomic mass is 10.1. The molecule has 0 unspecified atom stereocenters. The van der Waals surface area contributed by atoms with Gasteiger partial charge in [-0.3, -0.25) is 9.48 Å². The van der Waals surface area contributed by atoms with Crippen LogP contribution in [0.5, 0.6) is 5.75 Å². The smallest absolute Gasteiger partial charge is 0.341 e. The van der Waals surface area contributed by atoms with Crippen LogP contribution in [0.4, 0.5) is 17.2 Å². The quantitative estimate of drug-likeness (QED) is 0.561. The second kappa shape index (κ2) is 8.25. The molecule has 31 heavy (non-hydrogen) atoms. The summed E-state index contributed by atoms with van der Waals surface area (Å²) < 4.78 is 12.4. The summed E-state index contributed by atoms with van der Waals surface area (Å²) in [7, 11) is 4.80. The molecule has 2 N–H and O–H groups in total. The van der Waals surface area contributed by atoms with Crippen LogP contribution >= 0.6 is 0 Å². The summed E-state index contributed by atoms with van der Waals surface area (Å²) >= 11 is 0. The highest BCUT2D eigenvalue weighted by Crippen LogP contribution is 2.38. The normalized spacial score (nSPS) is 13.2. The van der Waals surface area contributed by atoms with Gasteiger partial charge in [-0.25, -0.2) is 9.78 Å². The maximum absolute atomic E-state index is 12.3. The number of fused-ring (bicyclic) bond motifs is 1. The van der Waals surface area contributed by atoms with Gasteiger partial charge in [0.1, 0.15) is 11.4 Å². The third-order valence-corrected chi connectivity index (χ3v) is 5.36. The van der Waals surface area contributed by atoms with Crippen molar-refractivity contribution >= 4 is 40.0 Å². The van der Waals surface area contributed by atoms with E-state index in [0.717, 1.165) is 35.9 Å². The number of aryl methyl sites for hydroxylation is 2. The van der Waals surface area contributed by atoms with Crippen LogP contribution < -0.4 is 15.4 Å². The van der Waals surface area contributed by atoms with Crippen LogP contribution in [0, 0.1) is 5.92 Å². The van der Waals surface area contributed by atoms with Gasteiger partial charge in [-0.1, -0.05) is 6.92 Å². The molecule has 9 heteroatoms. The van der Waals surface area contributed by atoms with Gasteiger partial charge >= 0.3 is 5.97 Å². The number of hydrogen-bond donors (Lipinski definition) is 2. The third-order valence-electron chi connectivity index (χ3n) is 5.36. The maximum atomic E-state index is 12.3. The maximum Gasteiger partial charge on any atom is 0.341 e. The SMILES string of the molecule is CCc1nn(C)c2ccc(Nc3cc(NC(=O)C4CC4)ncc3C(=O)OC)c(OC)c12. The number of amides is 1. The molecule has 2 aromatic heterocycles. The Morgan fingerprint density at radius 1 is 1.23 bits per heavy atom. The van der Waals surface area contributed by atoms with E-state index >= 15 is 0 Å². The standard InChI is InChI=1S/C22H25N5O4/c1-5-14-19-17(27(2)26-14)9-8-15(20(19)30-3)24-16-10-18(25-21(28)12-6-7-12)23-11-13(16)22(29)31-4/h8-12H,5-7H2,1-4H3,(H2,23,24,25,28). The van der Waals surface area contributed by atoms with E-state index in [-0.39, 0.29) is 17.4 Å². The van der Waals surface area contributed by atoms with Gasteiger partial charge in [0.2, 0.25) is 5.91 Å². The predicted molar refractivity (Wildman–Crippen MR) is 117 cm³/mol. The summed E-state index contributed by atoms with van der Waals surface area (Å²) in [6.45, 7) is 2.04. The van der Waals surface area contributed by atoms with Crippen LogP contribution in [0.2, 0.25) is 0 Å². The molecule has 1 saturated carbocycles. The Bertz CT molecular complexity index is 1170. The van der Waals surface area contributed by atoms with E-state index in [2.05, 4.69) is 20.7 Å². The molecule has 1 aliphatic carbocycles. The first kappa shape index (κ1) is 20.6. The summed E-state index contributed by atoms with van der Waals surface area (Å²) in [5.41, 5.74) is 3.22. The van der Waals surface area contributed by atoms with Gasteiger partial charge in [0.15, 0.2) is 5.75 Å². The Morgan fingerprint density at radius 2 is 2.00 bits per heavy atom. The molecular formula is C22H25N5O4. The fourth-order valence-electron chi connectivity index (χ4n) is 3.58. The average molecular weight is 423 g/mol. The number of hydrogen-bond acceptors (Lipinski definition) is 7. The van der Waals surface area contributed by atoms with Crippen molar-refractivity contribution < 1.29 is 19.1 Å². The number of aromatic nitrogens is 3. The minimum absolute atomic E-state index is 0.0408. The summed E-state index contributed by atoms with van der Waals surface area (Å²) in [6.07, 6.45) is 3.92. The van der Waals surface area contributed by atoms with Gasteiger partial charge in [0.25, 0.3) is 0 Å². The lowest BCUT2D eigenvalue weighted by Gasteiger charge is -2.16. The molecule has 2 heterocycles. The van der Waals surface area contributed by atoms with E-state index < -0.39 is 5.97 Å². The molecule has 0 radical (unpaired) electrons. The second-order valence-electron chi connectivity index (χ2n) is 7.46. The van der Waals surface area contributed by atoms with Gasteiger partial charge in [-0.2, -0.15) is 5.10 Å². The zero-order valence-electron chi connectivity index (χ0n) is 18.0. The largest absolute Gasteiger partial charge is 0.494 e. The van der Waals surface area contributed by atoms with Gasteiger partial charge < -0.3 is 20.1 Å². The van der Waals surface area contributed by atoms with Crippen LogP contribution in [0.1, 0.15) is 35.8 Å². The van der Waals surface area contributed by atoms with Crippen LogP contribution in [0.15, 0.2) is 24.4 Å².